The van der Waals surface area contributed by atoms with Crippen molar-refractivity contribution < 1.29 is 0 Å². The minimum atomic E-state index is 0. The lowest BCUT2D eigenvalue weighted by Gasteiger charge is -2.42. The molecule has 20 heavy (non-hydrogen) atoms. The molecule has 0 bridgehead atoms. The first-order valence-electron chi connectivity index (χ1n) is 6.69. The van der Waals surface area contributed by atoms with Crippen molar-refractivity contribution >= 4 is 40.7 Å². The van der Waals surface area contributed by atoms with Crippen molar-refractivity contribution in [3.63, 3.8) is 0 Å². The van der Waals surface area contributed by atoms with Gasteiger partial charge in [0.2, 0.25) is 0 Å². The molecular formula is C15H25BrCl2N2. The van der Waals surface area contributed by atoms with Gasteiger partial charge in [-0.3, -0.25) is 4.90 Å². The maximum absolute atomic E-state index is 3.52. The third-order valence-electron chi connectivity index (χ3n) is 3.52. The second-order valence-corrected chi connectivity index (χ2v) is 7.02. The molecular weight excluding hydrogens is 359 g/mol. The topological polar surface area (TPSA) is 15.3 Å². The highest BCUT2D eigenvalue weighted by molar-refractivity contribution is 9.10. The zero-order valence-corrected chi connectivity index (χ0v) is 15.6. The highest BCUT2D eigenvalue weighted by Crippen LogP contribution is 2.38. The number of nitrogens with zero attached hydrogens (tertiary/aromatic N) is 1. The Morgan fingerprint density at radius 2 is 1.55 bits per heavy atom. The van der Waals surface area contributed by atoms with Gasteiger partial charge < -0.3 is 5.32 Å². The van der Waals surface area contributed by atoms with E-state index in [4.69, 9.17) is 0 Å². The summed E-state index contributed by atoms with van der Waals surface area (Å²) < 4.78 is 1.15. The van der Waals surface area contributed by atoms with Crippen LogP contribution in [0, 0.1) is 5.41 Å². The molecule has 1 atom stereocenters. The fourth-order valence-corrected chi connectivity index (χ4v) is 3.11. The zero-order valence-electron chi connectivity index (χ0n) is 12.4. The summed E-state index contributed by atoms with van der Waals surface area (Å²) in [6.07, 6.45) is 0. The molecule has 2 rings (SSSR count). The van der Waals surface area contributed by atoms with Crippen LogP contribution < -0.4 is 5.32 Å². The van der Waals surface area contributed by atoms with E-state index in [2.05, 4.69) is 71.2 Å². The molecule has 0 aromatic heterocycles. The lowest BCUT2D eigenvalue weighted by molar-refractivity contribution is 0.0862. The molecule has 1 aliphatic rings. The van der Waals surface area contributed by atoms with Gasteiger partial charge in [0.1, 0.15) is 0 Å². The summed E-state index contributed by atoms with van der Waals surface area (Å²) >= 11 is 3.52. The van der Waals surface area contributed by atoms with E-state index in [9.17, 15) is 0 Å². The number of nitrogens with one attached hydrogen (secondary N) is 1. The van der Waals surface area contributed by atoms with Gasteiger partial charge in [0.15, 0.2) is 0 Å². The summed E-state index contributed by atoms with van der Waals surface area (Å²) in [5.41, 5.74) is 1.68. The minimum absolute atomic E-state index is 0. The van der Waals surface area contributed by atoms with Crippen LogP contribution in [0.1, 0.15) is 32.4 Å². The van der Waals surface area contributed by atoms with Crippen LogP contribution >= 0.6 is 40.7 Å². The Balaban J connectivity index is 0.00000180. The van der Waals surface area contributed by atoms with Gasteiger partial charge in [0.25, 0.3) is 0 Å². The van der Waals surface area contributed by atoms with Gasteiger partial charge >= 0.3 is 0 Å². The molecule has 2 nitrogen and oxygen atoms in total. The van der Waals surface area contributed by atoms with E-state index in [-0.39, 0.29) is 30.2 Å². The minimum Gasteiger partial charge on any atom is -0.314 e. The van der Waals surface area contributed by atoms with Crippen LogP contribution in [-0.4, -0.2) is 31.1 Å². The molecule has 0 aliphatic carbocycles. The number of hydrogen-bond acceptors (Lipinski definition) is 2. The molecule has 0 radical (unpaired) electrons. The second kappa shape index (κ2) is 8.60. The zero-order chi connectivity index (χ0) is 13.2. The lowest BCUT2D eigenvalue weighted by atomic mass is 9.81. The molecule has 0 spiro atoms. The van der Waals surface area contributed by atoms with Gasteiger partial charge in [0, 0.05) is 36.7 Å². The third kappa shape index (κ3) is 5.19. The molecule has 1 aromatic rings. The van der Waals surface area contributed by atoms with Crippen molar-refractivity contribution in [1.29, 1.82) is 0 Å². The van der Waals surface area contributed by atoms with Crippen molar-refractivity contribution in [3.8, 4) is 0 Å². The molecule has 1 N–H and O–H groups in total. The number of hydrogen-bond donors (Lipinski definition) is 1. The fourth-order valence-electron chi connectivity index (χ4n) is 2.84. The van der Waals surface area contributed by atoms with E-state index >= 15 is 0 Å². The largest absolute Gasteiger partial charge is 0.314 e. The standard InChI is InChI=1S/C15H23BrN2.2ClH/c1-15(2,3)14(18-10-8-17-9-11-18)12-4-6-13(16)7-5-12;;/h4-7,14,17H,8-11H2,1-3H3;2*1H/t14-;;/m1../s1. The van der Waals surface area contributed by atoms with Gasteiger partial charge in [0.05, 0.1) is 0 Å². The summed E-state index contributed by atoms with van der Waals surface area (Å²) in [6.45, 7) is 11.5. The highest BCUT2D eigenvalue weighted by atomic mass is 79.9. The predicted octanol–water partition coefficient (Wildman–Crippen LogP) is 4.29. The molecule has 1 aliphatic heterocycles. The molecule has 1 fully saturated rings. The first-order valence-corrected chi connectivity index (χ1v) is 7.48. The normalized spacial score (nSPS) is 17.8. The Bertz CT molecular complexity index is 384. The summed E-state index contributed by atoms with van der Waals surface area (Å²) in [4.78, 5) is 2.61. The average molecular weight is 384 g/mol. The van der Waals surface area contributed by atoms with Crippen molar-refractivity contribution in [2.24, 2.45) is 5.41 Å². The van der Waals surface area contributed by atoms with Gasteiger partial charge in [-0.05, 0) is 23.1 Å². The van der Waals surface area contributed by atoms with Crippen molar-refractivity contribution in [1.82, 2.24) is 10.2 Å². The molecule has 0 amide bonds. The average Bonchev–Trinajstić information content (AvgIpc) is 2.32. The van der Waals surface area contributed by atoms with Crippen LogP contribution in [0.15, 0.2) is 28.7 Å². The Morgan fingerprint density at radius 1 is 1.05 bits per heavy atom. The van der Waals surface area contributed by atoms with E-state index < -0.39 is 0 Å². The van der Waals surface area contributed by atoms with Crippen molar-refractivity contribution in [2.75, 3.05) is 26.2 Å². The van der Waals surface area contributed by atoms with Gasteiger partial charge in [-0.1, -0.05) is 48.8 Å². The molecule has 1 heterocycles. The number of halogens is 3. The van der Waals surface area contributed by atoms with E-state index in [1.165, 1.54) is 5.56 Å². The van der Waals surface area contributed by atoms with Crippen LogP contribution in [0.25, 0.3) is 0 Å². The first kappa shape index (κ1) is 20.2. The Kier molecular flexibility index (Phi) is 8.68. The summed E-state index contributed by atoms with van der Waals surface area (Å²) in [7, 11) is 0. The smallest absolute Gasteiger partial charge is 0.0397 e. The maximum atomic E-state index is 3.52. The van der Waals surface area contributed by atoms with Crippen molar-refractivity contribution in [2.45, 2.75) is 26.8 Å². The molecule has 116 valence electrons. The lowest BCUT2D eigenvalue weighted by Crippen LogP contribution is -2.48. The van der Waals surface area contributed by atoms with E-state index in [1.54, 1.807) is 0 Å². The Labute approximate surface area is 143 Å². The Hall–Kier alpha value is 0.200. The second-order valence-electron chi connectivity index (χ2n) is 6.11. The number of piperazine rings is 1. The molecule has 1 aromatic carbocycles. The highest BCUT2D eigenvalue weighted by Gasteiger charge is 2.32. The molecule has 0 saturated carbocycles. The molecule has 1 saturated heterocycles. The third-order valence-corrected chi connectivity index (χ3v) is 4.05. The SMILES string of the molecule is CC(C)(C)[C@@H](c1ccc(Br)cc1)N1CCNCC1.Cl.Cl. The summed E-state index contributed by atoms with van der Waals surface area (Å²) in [5.74, 6) is 0. The molecule has 0 unspecified atom stereocenters. The van der Waals surface area contributed by atoms with Crippen LogP contribution in [0.5, 0.6) is 0 Å². The van der Waals surface area contributed by atoms with Crippen molar-refractivity contribution in [3.05, 3.63) is 34.3 Å². The first-order chi connectivity index (χ1) is 8.48. The van der Waals surface area contributed by atoms with Crippen LogP contribution in [-0.2, 0) is 0 Å². The maximum Gasteiger partial charge on any atom is 0.0397 e. The number of rotatable bonds is 2. The van der Waals surface area contributed by atoms with Gasteiger partial charge in [-0.15, -0.1) is 24.8 Å². The van der Waals surface area contributed by atoms with E-state index in [0.717, 1.165) is 30.7 Å². The fraction of sp³-hybridized carbons (Fsp3) is 0.600. The Morgan fingerprint density at radius 3 is 2.00 bits per heavy atom. The van der Waals surface area contributed by atoms with E-state index in [0.29, 0.717) is 6.04 Å². The van der Waals surface area contributed by atoms with Crippen LogP contribution in [0.3, 0.4) is 0 Å². The quantitative estimate of drug-likeness (QED) is 0.819. The molecule has 5 heteroatoms. The van der Waals surface area contributed by atoms with Gasteiger partial charge in [-0.25, -0.2) is 0 Å². The predicted molar refractivity (Wildman–Crippen MR) is 95.3 cm³/mol. The van der Waals surface area contributed by atoms with E-state index in [1.807, 2.05) is 0 Å². The summed E-state index contributed by atoms with van der Waals surface area (Å²) in [6, 6.07) is 9.30. The summed E-state index contributed by atoms with van der Waals surface area (Å²) in [5, 5.41) is 3.43. The van der Waals surface area contributed by atoms with Crippen LogP contribution in [0.2, 0.25) is 0 Å². The van der Waals surface area contributed by atoms with Crippen LogP contribution in [0.4, 0.5) is 0 Å². The number of benzene rings is 1. The van der Waals surface area contributed by atoms with Gasteiger partial charge in [-0.2, -0.15) is 0 Å². The monoisotopic (exact) mass is 382 g/mol.